The van der Waals surface area contributed by atoms with E-state index < -0.39 is 10.0 Å². The molecule has 1 amide bonds. The van der Waals surface area contributed by atoms with Crippen molar-refractivity contribution < 1.29 is 17.9 Å². The molecule has 3 aromatic rings. The van der Waals surface area contributed by atoms with Crippen LogP contribution in [0.1, 0.15) is 11.1 Å². The van der Waals surface area contributed by atoms with Gasteiger partial charge in [0, 0.05) is 13.1 Å². The largest absolute Gasteiger partial charge is 0.453 e. The van der Waals surface area contributed by atoms with Crippen LogP contribution in [0.5, 0.6) is 11.5 Å². The van der Waals surface area contributed by atoms with Crippen molar-refractivity contribution in [2.24, 2.45) is 0 Å². The highest BCUT2D eigenvalue weighted by molar-refractivity contribution is 7.92. The van der Waals surface area contributed by atoms with E-state index in [4.69, 9.17) is 4.74 Å². The smallest absolute Gasteiger partial charge is 0.245 e. The van der Waals surface area contributed by atoms with Gasteiger partial charge in [-0.05, 0) is 41.5 Å². The summed E-state index contributed by atoms with van der Waals surface area (Å²) in [5, 5.41) is 0. The van der Waals surface area contributed by atoms with Crippen LogP contribution in [0.2, 0.25) is 0 Å². The Hall–Kier alpha value is -3.36. The summed E-state index contributed by atoms with van der Waals surface area (Å²) in [6.07, 6.45) is 1.13. The van der Waals surface area contributed by atoms with Crippen LogP contribution in [0, 0.1) is 0 Å². The van der Waals surface area contributed by atoms with Crippen molar-refractivity contribution in [2.45, 2.75) is 13.1 Å². The van der Waals surface area contributed by atoms with Crippen LogP contribution in [-0.4, -0.2) is 32.0 Å². The highest BCUT2D eigenvalue weighted by atomic mass is 32.2. The maximum Gasteiger partial charge on any atom is 0.245 e. The zero-order chi connectivity index (χ0) is 21.6. The number of carbonyl (C=O) groups is 1. The molecule has 0 saturated heterocycles. The van der Waals surface area contributed by atoms with Crippen LogP contribution in [0.25, 0.3) is 0 Å². The van der Waals surface area contributed by atoms with Crippen LogP contribution in [0.3, 0.4) is 0 Å². The highest BCUT2D eigenvalue weighted by Crippen LogP contribution is 2.46. The van der Waals surface area contributed by atoms with Gasteiger partial charge in [-0.2, -0.15) is 0 Å². The second-order valence-corrected chi connectivity index (χ2v) is 9.48. The second kappa shape index (κ2) is 7.40. The number of fused-ring (bicyclic) bond motifs is 3. The lowest BCUT2D eigenvalue weighted by Crippen LogP contribution is -2.37. The van der Waals surface area contributed by atoms with Crippen molar-refractivity contribution in [1.29, 1.82) is 0 Å². The molecule has 2 aliphatic rings. The van der Waals surface area contributed by atoms with E-state index in [2.05, 4.69) is 4.72 Å². The molecule has 0 atom stereocenters. The number of nitrogens with one attached hydrogen (secondary N) is 1. The molecule has 2 aliphatic heterocycles. The van der Waals surface area contributed by atoms with Crippen molar-refractivity contribution in [3.8, 4) is 11.5 Å². The highest BCUT2D eigenvalue weighted by Gasteiger charge is 2.31. The second-order valence-electron chi connectivity index (χ2n) is 7.73. The summed E-state index contributed by atoms with van der Waals surface area (Å²) in [4.78, 5) is 17.2. The number of carbonyl (C=O) groups excluding carboxylic acids is 1. The predicted molar refractivity (Wildman–Crippen MR) is 119 cm³/mol. The van der Waals surface area contributed by atoms with Gasteiger partial charge in [0.25, 0.3) is 0 Å². The minimum absolute atomic E-state index is 0.0753. The van der Waals surface area contributed by atoms with Gasteiger partial charge in [0.2, 0.25) is 15.9 Å². The maximum atomic E-state index is 13.5. The van der Waals surface area contributed by atoms with Gasteiger partial charge < -0.3 is 4.74 Å². The number of hydrogen-bond acceptors (Lipinski definition) is 5. The number of para-hydroxylation sites is 4. The molecule has 0 saturated carbocycles. The Labute approximate surface area is 180 Å². The third-order valence-electron chi connectivity index (χ3n) is 5.38. The van der Waals surface area contributed by atoms with E-state index in [-0.39, 0.29) is 12.5 Å². The monoisotopic (exact) mass is 435 g/mol. The molecule has 0 spiro atoms. The molecule has 0 aliphatic carbocycles. The topological polar surface area (TPSA) is 79.0 Å². The molecule has 0 bridgehead atoms. The van der Waals surface area contributed by atoms with Gasteiger partial charge in [-0.15, -0.1) is 0 Å². The molecular weight excluding hydrogens is 414 g/mol. The number of sulfonamides is 1. The fraction of sp³-hybridized carbons (Fsp3) is 0.174. The Kier molecular flexibility index (Phi) is 4.68. The molecule has 0 aromatic heterocycles. The number of ether oxygens (including phenoxy) is 1. The van der Waals surface area contributed by atoms with Crippen LogP contribution < -0.4 is 14.4 Å². The van der Waals surface area contributed by atoms with E-state index >= 15 is 0 Å². The van der Waals surface area contributed by atoms with Crippen molar-refractivity contribution >= 4 is 33.0 Å². The van der Waals surface area contributed by atoms with Crippen LogP contribution in [0.4, 0.5) is 17.1 Å². The standard InChI is InChI=1S/C23H21N3O4S/c1-31(28,29)24-18-8-6-7-16-13-25(14-17(16)18)15-23(27)26-19-9-2-4-11-21(19)30-22-12-5-3-10-20(22)26/h2-12,24H,13-15H2,1H3. The Balaban J connectivity index is 1.41. The molecule has 3 aromatic carbocycles. The van der Waals surface area contributed by atoms with Gasteiger partial charge in [0.1, 0.15) is 0 Å². The molecule has 8 heteroatoms. The normalized spacial score (nSPS) is 14.9. The molecule has 2 heterocycles. The Morgan fingerprint density at radius 1 is 0.935 bits per heavy atom. The van der Waals surface area contributed by atoms with Crippen LogP contribution >= 0.6 is 0 Å². The first-order valence-electron chi connectivity index (χ1n) is 9.89. The summed E-state index contributed by atoms with van der Waals surface area (Å²) >= 11 is 0. The van der Waals surface area contributed by atoms with Gasteiger partial charge in [0.05, 0.1) is 29.9 Å². The Morgan fingerprint density at radius 2 is 1.58 bits per heavy atom. The first-order chi connectivity index (χ1) is 14.9. The van der Waals surface area contributed by atoms with E-state index in [1.165, 1.54) is 0 Å². The lowest BCUT2D eigenvalue weighted by atomic mass is 10.1. The molecule has 0 unspecified atom stereocenters. The fourth-order valence-corrected chi connectivity index (χ4v) is 4.72. The number of anilines is 3. The predicted octanol–water partition coefficient (Wildman–Crippen LogP) is 3.84. The molecule has 5 rings (SSSR count). The zero-order valence-electron chi connectivity index (χ0n) is 16.9. The van der Waals surface area contributed by atoms with Crippen LogP contribution in [-0.2, 0) is 27.9 Å². The summed E-state index contributed by atoms with van der Waals surface area (Å²) in [7, 11) is -3.38. The lowest BCUT2D eigenvalue weighted by molar-refractivity contribution is -0.119. The molecule has 0 fully saturated rings. The van der Waals surface area contributed by atoms with E-state index in [1.807, 2.05) is 65.6 Å². The SMILES string of the molecule is CS(=O)(=O)Nc1cccc2c1CN(CC(=O)N1c3ccccc3Oc3ccccc31)C2. The van der Waals surface area contributed by atoms with Gasteiger partial charge in [-0.1, -0.05) is 36.4 Å². The number of rotatable bonds is 4. The molecule has 31 heavy (non-hydrogen) atoms. The third-order valence-corrected chi connectivity index (χ3v) is 5.98. The van der Waals surface area contributed by atoms with Crippen LogP contribution in [0.15, 0.2) is 66.7 Å². The van der Waals surface area contributed by atoms with E-state index in [0.29, 0.717) is 41.7 Å². The van der Waals surface area contributed by atoms with Gasteiger partial charge in [-0.25, -0.2) is 8.42 Å². The molecule has 1 N–H and O–H groups in total. The first-order valence-corrected chi connectivity index (χ1v) is 11.8. The molecule has 0 radical (unpaired) electrons. The lowest BCUT2D eigenvalue weighted by Gasteiger charge is -2.32. The Bertz CT molecular complexity index is 1240. The van der Waals surface area contributed by atoms with Crippen molar-refractivity contribution in [2.75, 3.05) is 22.4 Å². The zero-order valence-corrected chi connectivity index (χ0v) is 17.7. The van der Waals surface area contributed by atoms with Gasteiger partial charge in [0.15, 0.2) is 11.5 Å². The average molecular weight is 436 g/mol. The van der Waals surface area contributed by atoms with Crippen molar-refractivity contribution in [1.82, 2.24) is 4.90 Å². The summed E-state index contributed by atoms with van der Waals surface area (Å²) in [5.41, 5.74) is 3.91. The fourth-order valence-electron chi connectivity index (χ4n) is 4.13. The number of hydrogen-bond donors (Lipinski definition) is 1. The quantitative estimate of drug-likeness (QED) is 0.674. The van der Waals surface area contributed by atoms with Gasteiger partial charge >= 0.3 is 0 Å². The molecular formula is C23H21N3O4S. The van der Waals surface area contributed by atoms with E-state index in [0.717, 1.165) is 17.4 Å². The number of benzene rings is 3. The van der Waals surface area contributed by atoms with Crippen molar-refractivity contribution in [3.05, 3.63) is 77.9 Å². The molecule has 158 valence electrons. The average Bonchev–Trinajstić information content (AvgIpc) is 3.14. The summed E-state index contributed by atoms with van der Waals surface area (Å²) in [6, 6.07) is 20.5. The number of nitrogens with zero attached hydrogens (tertiary/aromatic N) is 2. The van der Waals surface area contributed by atoms with Crippen molar-refractivity contribution in [3.63, 3.8) is 0 Å². The summed E-state index contributed by atoms with van der Waals surface area (Å²) in [6.45, 7) is 1.26. The Morgan fingerprint density at radius 3 is 2.23 bits per heavy atom. The number of amides is 1. The maximum absolute atomic E-state index is 13.5. The first kappa shape index (κ1) is 19.6. The summed E-state index contributed by atoms with van der Waals surface area (Å²) < 4.78 is 32.0. The summed E-state index contributed by atoms with van der Waals surface area (Å²) in [5.74, 6) is 1.20. The van der Waals surface area contributed by atoms with E-state index in [9.17, 15) is 13.2 Å². The van der Waals surface area contributed by atoms with E-state index in [1.54, 1.807) is 11.0 Å². The molecule has 7 nitrogen and oxygen atoms in total. The minimum atomic E-state index is -3.38. The van der Waals surface area contributed by atoms with Gasteiger partial charge in [-0.3, -0.25) is 19.3 Å². The minimum Gasteiger partial charge on any atom is -0.453 e. The third kappa shape index (κ3) is 3.75.